The van der Waals surface area contributed by atoms with E-state index in [0.717, 1.165) is 36.1 Å². The molecule has 1 fully saturated rings. The molecule has 2 atom stereocenters. The van der Waals surface area contributed by atoms with Gasteiger partial charge >= 0.3 is 0 Å². The molecule has 5 rings (SSSR count). The Morgan fingerprint density at radius 2 is 2.06 bits per heavy atom. The second-order valence-electron chi connectivity index (χ2n) is 9.53. The van der Waals surface area contributed by atoms with Gasteiger partial charge in [-0.2, -0.15) is 0 Å². The van der Waals surface area contributed by atoms with Crippen LogP contribution in [0.2, 0.25) is 0 Å². The molecule has 0 saturated carbocycles. The summed E-state index contributed by atoms with van der Waals surface area (Å²) in [5.41, 5.74) is 3.43. The first-order valence-corrected chi connectivity index (χ1v) is 14.3. The van der Waals surface area contributed by atoms with Crippen LogP contribution in [0.15, 0.2) is 47.2 Å². The molecule has 4 heterocycles. The van der Waals surface area contributed by atoms with Crippen molar-refractivity contribution in [1.29, 1.82) is 0 Å². The van der Waals surface area contributed by atoms with E-state index in [4.69, 9.17) is 9.47 Å². The van der Waals surface area contributed by atoms with Crippen molar-refractivity contribution in [1.82, 2.24) is 9.80 Å². The number of carbonyl (C=O) groups excluding carboxylic acids is 2. The summed E-state index contributed by atoms with van der Waals surface area (Å²) in [5.74, 6) is 0.678. The first-order chi connectivity index (χ1) is 17.5. The van der Waals surface area contributed by atoms with E-state index in [1.54, 1.807) is 16.2 Å². The molecule has 2 aliphatic rings. The lowest BCUT2D eigenvalue weighted by molar-refractivity contribution is -0.135. The van der Waals surface area contributed by atoms with Crippen LogP contribution in [0.5, 0.6) is 5.75 Å². The van der Waals surface area contributed by atoms with E-state index in [1.807, 2.05) is 41.5 Å². The van der Waals surface area contributed by atoms with Crippen molar-refractivity contribution >= 4 is 34.5 Å². The predicted molar refractivity (Wildman–Crippen MR) is 143 cm³/mol. The Morgan fingerprint density at radius 1 is 1.17 bits per heavy atom. The molecule has 3 aromatic rings. The van der Waals surface area contributed by atoms with Gasteiger partial charge in [-0.3, -0.25) is 9.59 Å². The zero-order chi connectivity index (χ0) is 25.1. The predicted octanol–water partition coefficient (Wildman–Crippen LogP) is 5.25. The normalized spacial score (nSPS) is 19.2. The molecule has 190 valence electrons. The number of rotatable bonds is 8. The van der Waals surface area contributed by atoms with E-state index in [1.165, 1.54) is 21.8 Å². The zero-order valence-corrected chi connectivity index (χ0v) is 22.4. The van der Waals surface area contributed by atoms with Crippen molar-refractivity contribution in [3.05, 3.63) is 73.6 Å². The molecular formula is C28H32N2O4S2. The number of thiophene rings is 2. The fraction of sp³-hybridized carbons (Fsp3) is 0.429. The fourth-order valence-corrected chi connectivity index (χ4v) is 6.69. The van der Waals surface area contributed by atoms with Crippen LogP contribution < -0.4 is 4.74 Å². The van der Waals surface area contributed by atoms with Crippen LogP contribution in [0.25, 0.3) is 0 Å². The van der Waals surface area contributed by atoms with E-state index in [2.05, 4.69) is 24.4 Å². The lowest BCUT2D eigenvalue weighted by Gasteiger charge is -2.37. The molecule has 0 spiro atoms. The molecule has 6 nitrogen and oxygen atoms in total. The van der Waals surface area contributed by atoms with Gasteiger partial charge in [0.2, 0.25) is 5.91 Å². The van der Waals surface area contributed by atoms with Crippen LogP contribution in [0, 0.1) is 13.8 Å². The Kier molecular flexibility index (Phi) is 7.74. The number of hydrogen-bond acceptors (Lipinski definition) is 6. The maximum Gasteiger partial charge on any atom is 0.264 e. The van der Waals surface area contributed by atoms with Gasteiger partial charge in [-0.25, -0.2) is 0 Å². The quantitative estimate of drug-likeness (QED) is 0.404. The molecule has 1 saturated heterocycles. The lowest BCUT2D eigenvalue weighted by atomic mass is 10.00. The van der Waals surface area contributed by atoms with E-state index in [9.17, 15) is 9.59 Å². The molecule has 0 N–H and O–H groups in total. The average Bonchev–Trinajstić information content (AvgIpc) is 3.65. The summed E-state index contributed by atoms with van der Waals surface area (Å²) >= 11 is 3.14. The van der Waals surface area contributed by atoms with Gasteiger partial charge in [-0.1, -0.05) is 23.8 Å². The van der Waals surface area contributed by atoms with E-state index < -0.39 is 0 Å². The summed E-state index contributed by atoms with van der Waals surface area (Å²) in [6.07, 6.45) is 2.71. The molecular weight excluding hydrogens is 492 g/mol. The van der Waals surface area contributed by atoms with Gasteiger partial charge in [0.15, 0.2) is 0 Å². The number of hydrogen-bond donors (Lipinski definition) is 0. The average molecular weight is 525 g/mol. The zero-order valence-electron chi connectivity index (χ0n) is 20.8. The summed E-state index contributed by atoms with van der Waals surface area (Å²) in [5, 5.41) is 3.98. The van der Waals surface area contributed by atoms with Gasteiger partial charge in [0, 0.05) is 24.6 Å². The van der Waals surface area contributed by atoms with Crippen molar-refractivity contribution < 1.29 is 19.1 Å². The van der Waals surface area contributed by atoms with Gasteiger partial charge in [0.1, 0.15) is 18.9 Å². The lowest BCUT2D eigenvalue weighted by Crippen LogP contribution is -2.49. The summed E-state index contributed by atoms with van der Waals surface area (Å²) < 4.78 is 12.1. The third kappa shape index (κ3) is 5.51. The molecule has 2 amide bonds. The molecule has 8 heteroatoms. The SMILES string of the molecule is Cc1ccc(OC[C@H]2c3ccsc3CCN2C(=O)CN(C[C@@H]2CCCO2)C(=O)c2cccs2)c(C)c1. The summed E-state index contributed by atoms with van der Waals surface area (Å²) in [4.78, 5) is 32.6. The minimum Gasteiger partial charge on any atom is -0.491 e. The Morgan fingerprint density at radius 3 is 2.81 bits per heavy atom. The smallest absolute Gasteiger partial charge is 0.264 e. The third-order valence-electron chi connectivity index (χ3n) is 6.94. The maximum atomic E-state index is 13.8. The molecule has 0 unspecified atom stereocenters. The van der Waals surface area contributed by atoms with E-state index in [-0.39, 0.29) is 30.5 Å². The topological polar surface area (TPSA) is 59.1 Å². The number of carbonyl (C=O) groups is 2. The van der Waals surface area contributed by atoms with E-state index in [0.29, 0.717) is 31.2 Å². The summed E-state index contributed by atoms with van der Waals surface area (Å²) in [6, 6.07) is 11.8. The minimum atomic E-state index is -0.186. The number of aryl methyl sites for hydroxylation is 2. The van der Waals surface area contributed by atoms with Crippen LogP contribution in [0.3, 0.4) is 0 Å². The first kappa shape index (κ1) is 25.0. The first-order valence-electron chi connectivity index (χ1n) is 12.5. The highest BCUT2D eigenvalue weighted by molar-refractivity contribution is 7.12. The second-order valence-corrected chi connectivity index (χ2v) is 11.5. The van der Waals surface area contributed by atoms with Gasteiger partial charge in [-0.05, 0) is 73.2 Å². The van der Waals surface area contributed by atoms with Crippen molar-refractivity contribution in [3.8, 4) is 5.75 Å². The molecule has 2 aliphatic heterocycles. The number of benzene rings is 1. The van der Waals surface area contributed by atoms with Crippen LogP contribution in [0.1, 0.15) is 50.1 Å². The molecule has 1 aromatic carbocycles. The largest absolute Gasteiger partial charge is 0.491 e. The number of nitrogens with zero attached hydrogens (tertiary/aromatic N) is 2. The van der Waals surface area contributed by atoms with E-state index >= 15 is 0 Å². The Bertz CT molecular complexity index is 1200. The molecule has 36 heavy (non-hydrogen) atoms. The third-order valence-corrected chi connectivity index (χ3v) is 8.79. The monoisotopic (exact) mass is 524 g/mol. The molecule has 0 bridgehead atoms. The molecule has 0 aliphatic carbocycles. The standard InChI is InChI=1S/C28H32N2O4S2/c1-19-7-8-24(20(2)15-19)34-18-23-22-10-14-36-25(22)9-11-30(23)27(31)17-29(16-21-5-3-12-33-21)28(32)26-6-4-13-35-26/h4,6-8,10,13-15,21,23H,3,5,9,11-12,16-18H2,1-2H3/t21-,23-/m0/s1. The number of amides is 2. The van der Waals surface area contributed by atoms with Crippen molar-refractivity contribution in [2.75, 3.05) is 32.8 Å². The minimum absolute atomic E-state index is 0.0183. The fourth-order valence-electron chi connectivity index (χ4n) is 5.07. The van der Waals surface area contributed by atoms with Gasteiger partial charge in [0.25, 0.3) is 5.91 Å². The van der Waals surface area contributed by atoms with Crippen molar-refractivity contribution in [2.45, 2.75) is 45.3 Å². The van der Waals surface area contributed by atoms with Crippen LogP contribution in [-0.4, -0.2) is 60.6 Å². The van der Waals surface area contributed by atoms with Crippen molar-refractivity contribution in [2.24, 2.45) is 0 Å². The Labute approximate surface area is 220 Å². The van der Waals surface area contributed by atoms with Gasteiger partial charge < -0.3 is 19.3 Å². The Balaban J connectivity index is 1.34. The van der Waals surface area contributed by atoms with Crippen LogP contribution in [-0.2, 0) is 16.0 Å². The van der Waals surface area contributed by atoms with Gasteiger partial charge in [-0.15, -0.1) is 22.7 Å². The second kappa shape index (κ2) is 11.2. The highest BCUT2D eigenvalue weighted by Gasteiger charge is 2.34. The highest BCUT2D eigenvalue weighted by atomic mass is 32.1. The summed E-state index contributed by atoms with van der Waals surface area (Å²) in [7, 11) is 0. The van der Waals surface area contributed by atoms with Crippen molar-refractivity contribution in [3.63, 3.8) is 0 Å². The maximum absolute atomic E-state index is 13.8. The molecule has 0 radical (unpaired) electrons. The van der Waals surface area contributed by atoms with Gasteiger partial charge in [0.05, 0.1) is 17.0 Å². The molecule has 2 aromatic heterocycles. The number of ether oxygens (including phenoxy) is 2. The Hall–Kier alpha value is -2.68. The van der Waals surface area contributed by atoms with Crippen LogP contribution in [0.4, 0.5) is 0 Å². The highest BCUT2D eigenvalue weighted by Crippen LogP contribution is 2.34. The number of fused-ring (bicyclic) bond motifs is 1. The van der Waals surface area contributed by atoms with Crippen LogP contribution >= 0.6 is 22.7 Å². The summed E-state index contributed by atoms with van der Waals surface area (Å²) in [6.45, 7) is 6.29.